The second-order valence-corrected chi connectivity index (χ2v) is 6.79. The average Bonchev–Trinajstić information content (AvgIpc) is 3.03. The second kappa shape index (κ2) is 7.43. The largest absolute Gasteiger partial charge is 0.486 e. The van der Waals surface area contributed by atoms with Gasteiger partial charge < -0.3 is 29.5 Å². The third-order valence-electron chi connectivity index (χ3n) is 4.64. The number of hydrogen-bond donors (Lipinski definition) is 2. The van der Waals surface area contributed by atoms with Gasteiger partial charge in [0.25, 0.3) is 0 Å². The van der Waals surface area contributed by atoms with Crippen molar-refractivity contribution in [1.82, 2.24) is 5.32 Å². The number of nitrogens with one attached hydrogen (secondary N) is 1. The van der Waals surface area contributed by atoms with Gasteiger partial charge in [-0.15, -0.1) is 0 Å². The van der Waals surface area contributed by atoms with Gasteiger partial charge in [0.15, 0.2) is 17.0 Å². The van der Waals surface area contributed by atoms with Crippen molar-refractivity contribution in [3.05, 3.63) is 18.2 Å². The number of carboxylic acid groups (broad SMARTS) is 1. The minimum absolute atomic E-state index is 0.00293. The average molecular weight is 378 g/mol. The monoisotopic (exact) mass is 378 g/mol. The molecule has 2 amide bonds. The molecule has 2 aliphatic rings. The summed E-state index contributed by atoms with van der Waals surface area (Å²) >= 11 is 0. The number of aliphatic carboxylic acids is 1. The van der Waals surface area contributed by atoms with E-state index in [1.165, 1.54) is 18.9 Å². The first kappa shape index (κ1) is 19.0. The van der Waals surface area contributed by atoms with Gasteiger partial charge in [-0.25, -0.2) is 4.79 Å². The molecule has 0 spiro atoms. The van der Waals surface area contributed by atoms with Crippen LogP contribution in [0.2, 0.25) is 0 Å². The number of amides is 2. The Morgan fingerprint density at radius 2 is 2.04 bits per heavy atom. The maximum atomic E-state index is 12.5. The van der Waals surface area contributed by atoms with Gasteiger partial charge >= 0.3 is 5.97 Å². The first-order valence-electron chi connectivity index (χ1n) is 8.58. The Morgan fingerprint density at radius 1 is 1.33 bits per heavy atom. The normalized spacial score (nSPS) is 20.9. The number of fused-ring (bicyclic) bond motifs is 1. The molecule has 1 saturated heterocycles. The zero-order valence-corrected chi connectivity index (χ0v) is 15.2. The van der Waals surface area contributed by atoms with Gasteiger partial charge in [-0.1, -0.05) is 0 Å². The number of ether oxygens (including phenoxy) is 3. The molecule has 0 aromatic heterocycles. The molecule has 0 aliphatic carbocycles. The maximum absolute atomic E-state index is 12.5. The van der Waals surface area contributed by atoms with Crippen LogP contribution in [-0.2, 0) is 19.1 Å². The summed E-state index contributed by atoms with van der Waals surface area (Å²) < 4.78 is 15.9. The topological polar surface area (TPSA) is 114 Å². The molecular formula is C18H22N2O7. The van der Waals surface area contributed by atoms with E-state index in [0.29, 0.717) is 30.4 Å². The summed E-state index contributed by atoms with van der Waals surface area (Å²) in [5.74, 6) is -1.39. The molecule has 3 rings (SSSR count). The molecule has 146 valence electrons. The van der Waals surface area contributed by atoms with Crippen LogP contribution in [0.1, 0.15) is 13.3 Å². The summed E-state index contributed by atoms with van der Waals surface area (Å²) in [6.45, 7) is 2.25. The van der Waals surface area contributed by atoms with Crippen LogP contribution in [0.3, 0.4) is 0 Å². The highest BCUT2D eigenvalue weighted by Gasteiger charge is 2.41. The Morgan fingerprint density at radius 3 is 2.70 bits per heavy atom. The third-order valence-corrected chi connectivity index (χ3v) is 4.64. The minimum Gasteiger partial charge on any atom is -0.486 e. The first-order valence-corrected chi connectivity index (χ1v) is 8.58. The molecule has 2 atom stereocenters. The zero-order valence-electron chi connectivity index (χ0n) is 15.2. The number of carboxylic acids is 1. The quantitative estimate of drug-likeness (QED) is 0.737. The summed E-state index contributed by atoms with van der Waals surface area (Å²) in [7, 11) is 1.36. The van der Waals surface area contributed by atoms with Gasteiger partial charge in [0.2, 0.25) is 11.8 Å². The third kappa shape index (κ3) is 3.82. The lowest BCUT2D eigenvalue weighted by Gasteiger charge is -2.27. The van der Waals surface area contributed by atoms with E-state index in [2.05, 4.69) is 5.32 Å². The van der Waals surface area contributed by atoms with Crippen molar-refractivity contribution in [3.8, 4) is 11.5 Å². The predicted octanol–water partition coefficient (Wildman–Crippen LogP) is 0.417. The summed E-state index contributed by atoms with van der Waals surface area (Å²) in [5.41, 5.74) is -0.948. The van der Waals surface area contributed by atoms with Gasteiger partial charge in [0.05, 0.1) is 12.5 Å². The van der Waals surface area contributed by atoms with E-state index in [1.54, 1.807) is 18.2 Å². The van der Waals surface area contributed by atoms with E-state index < -0.39 is 23.3 Å². The minimum atomic E-state index is -1.56. The van der Waals surface area contributed by atoms with E-state index in [4.69, 9.17) is 14.2 Å². The molecule has 2 unspecified atom stereocenters. The van der Waals surface area contributed by atoms with Gasteiger partial charge in [-0.05, 0) is 19.1 Å². The number of rotatable bonds is 6. The van der Waals surface area contributed by atoms with Gasteiger partial charge in [-0.2, -0.15) is 0 Å². The van der Waals surface area contributed by atoms with Crippen LogP contribution in [0.5, 0.6) is 11.5 Å². The van der Waals surface area contributed by atoms with E-state index in [0.717, 1.165) is 0 Å². The number of hydrogen-bond acceptors (Lipinski definition) is 6. The second-order valence-electron chi connectivity index (χ2n) is 6.79. The van der Waals surface area contributed by atoms with Crippen molar-refractivity contribution in [2.75, 3.05) is 38.4 Å². The van der Waals surface area contributed by atoms with Crippen molar-refractivity contribution < 1.29 is 33.7 Å². The zero-order chi connectivity index (χ0) is 19.6. The van der Waals surface area contributed by atoms with Gasteiger partial charge in [0, 0.05) is 31.8 Å². The van der Waals surface area contributed by atoms with Crippen molar-refractivity contribution >= 4 is 23.5 Å². The smallest absolute Gasteiger partial charge is 0.331 e. The molecule has 9 heteroatoms. The number of benzene rings is 1. The molecule has 0 bridgehead atoms. The molecule has 2 aliphatic heterocycles. The Balaban J connectivity index is 1.71. The number of anilines is 1. The summed E-state index contributed by atoms with van der Waals surface area (Å²) in [6, 6.07) is 5.17. The summed E-state index contributed by atoms with van der Waals surface area (Å²) in [6.07, 6.45) is 0.00293. The van der Waals surface area contributed by atoms with Crippen molar-refractivity contribution in [2.24, 2.45) is 5.92 Å². The lowest BCUT2D eigenvalue weighted by atomic mass is 10.0. The van der Waals surface area contributed by atoms with Crippen molar-refractivity contribution in [2.45, 2.75) is 18.9 Å². The van der Waals surface area contributed by atoms with Crippen LogP contribution in [0.25, 0.3) is 0 Å². The standard InChI is InChI=1S/C18H22N2O7/c1-18(10-25-2,17(23)24)19-16(22)11-7-15(21)20(9-11)12-3-4-13-14(8-12)27-6-5-26-13/h3-4,8,11H,5-7,9-10H2,1-2H3,(H,19,22)(H,23,24). The number of nitrogens with zero attached hydrogens (tertiary/aromatic N) is 1. The fourth-order valence-electron chi connectivity index (χ4n) is 3.15. The van der Waals surface area contributed by atoms with Crippen molar-refractivity contribution in [3.63, 3.8) is 0 Å². The van der Waals surface area contributed by atoms with Crippen LogP contribution in [0.4, 0.5) is 5.69 Å². The molecule has 9 nitrogen and oxygen atoms in total. The fourth-order valence-corrected chi connectivity index (χ4v) is 3.15. The molecule has 2 N–H and O–H groups in total. The SMILES string of the molecule is COCC(C)(NC(=O)C1CC(=O)N(c2ccc3c(c2)OCCO3)C1)C(=O)O. The van der Waals surface area contributed by atoms with E-state index >= 15 is 0 Å². The first-order chi connectivity index (χ1) is 12.8. The Bertz CT molecular complexity index is 766. The van der Waals surface area contributed by atoms with Gasteiger partial charge in [-0.3, -0.25) is 9.59 Å². The molecule has 2 heterocycles. The molecule has 0 saturated carbocycles. The lowest BCUT2D eigenvalue weighted by molar-refractivity contribution is -0.149. The molecular weight excluding hydrogens is 356 g/mol. The summed E-state index contributed by atoms with van der Waals surface area (Å²) in [5, 5.41) is 11.8. The molecule has 1 fully saturated rings. The van der Waals surface area contributed by atoms with Gasteiger partial charge in [0.1, 0.15) is 13.2 Å². The van der Waals surface area contributed by atoms with Crippen LogP contribution in [0.15, 0.2) is 18.2 Å². The molecule has 27 heavy (non-hydrogen) atoms. The maximum Gasteiger partial charge on any atom is 0.331 e. The van der Waals surface area contributed by atoms with Crippen LogP contribution in [-0.4, -0.2) is 61.9 Å². The van der Waals surface area contributed by atoms with Crippen molar-refractivity contribution in [1.29, 1.82) is 0 Å². The van der Waals surface area contributed by atoms with E-state index in [9.17, 15) is 19.5 Å². The highest BCUT2D eigenvalue weighted by atomic mass is 16.6. The lowest BCUT2D eigenvalue weighted by Crippen LogP contribution is -2.56. The van der Waals surface area contributed by atoms with E-state index in [-0.39, 0.29) is 25.5 Å². The van der Waals surface area contributed by atoms with Crippen LogP contribution in [0, 0.1) is 5.92 Å². The Hall–Kier alpha value is -2.81. The highest BCUT2D eigenvalue weighted by molar-refractivity contribution is 6.01. The fraction of sp³-hybridized carbons (Fsp3) is 0.500. The van der Waals surface area contributed by atoms with E-state index in [1.807, 2.05) is 0 Å². The highest BCUT2D eigenvalue weighted by Crippen LogP contribution is 2.36. The Labute approximate surface area is 156 Å². The van der Waals surface area contributed by atoms with Crippen LogP contribution >= 0.6 is 0 Å². The number of carbonyl (C=O) groups excluding carboxylic acids is 2. The molecule has 1 aromatic carbocycles. The molecule has 0 radical (unpaired) electrons. The molecule has 1 aromatic rings. The Kier molecular flexibility index (Phi) is 5.22. The summed E-state index contributed by atoms with van der Waals surface area (Å²) in [4.78, 5) is 37.9. The predicted molar refractivity (Wildman–Crippen MR) is 94.0 cm³/mol. The number of carbonyl (C=O) groups is 3. The van der Waals surface area contributed by atoms with Crippen LogP contribution < -0.4 is 19.7 Å². The number of methoxy groups -OCH3 is 1.